The van der Waals surface area contributed by atoms with Gasteiger partial charge < -0.3 is 37.5 Å². The molecule has 0 saturated heterocycles. The first-order valence-corrected chi connectivity index (χ1v) is 14.1. The number of aliphatic carboxylic acids is 1. The molecule has 0 fully saturated rings. The molecule has 39 heavy (non-hydrogen) atoms. The molecule has 0 spiro atoms. The number of hydrogen-bond acceptors (Lipinski definition) is 7. The van der Waals surface area contributed by atoms with E-state index >= 15 is 0 Å². The summed E-state index contributed by atoms with van der Waals surface area (Å²) in [6.07, 6.45) is 3.95. The Bertz CT molecular complexity index is 1170. The fraction of sp³-hybridized carbons (Fsp3) is 0.500. The van der Waals surface area contributed by atoms with Crippen LogP contribution < -0.4 is 27.4 Å². The quantitative estimate of drug-likeness (QED) is 0.150. The Kier molecular flexibility index (Phi) is 12.3. The number of aromatic nitrogens is 1. The summed E-state index contributed by atoms with van der Waals surface area (Å²) in [5.74, 6) is -4.03. The topological polar surface area (TPSA) is 209 Å². The van der Waals surface area contributed by atoms with Crippen molar-refractivity contribution in [2.24, 2.45) is 17.4 Å². The molecule has 4 amide bonds. The first kappa shape index (κ1) is 31.6. The number of nitrogens with one attached hydrogen (secondary N) is 4. The van der Waals surface area contributed by atoms with Crippen LogP contribution in [-0.4, -0.2) is 75.9 Å². The average molecular weight is 563 g/mol. The van der Waals surface area contributed by atoms with E-state index in [1.165, 1.54) is 11.8 Å². The molecule has 2 rings (SSSR count). The Labute approximate surface area is 231 Å². The third-order valence-corrected chi connectivity index (χ3v) is 7.15. The summed E-state index contributed by atoms with van der Waals surface area (Å²) in [6.45, 7) is 3.51. The first-order chi connectivity index (χ1) is 18.5. The SMILES string of the molecule is CCC(C)C(NC(=O)C(CCSC)NC(=O)C(CC(N)=O)NC(=O)C(N)Cc1c[nH]c2ccccc12)C(=O)O. The Morgan fingerprint density at radius 3 is 2.28 bits per heavy atom. The van der Waals surface area contributed by atoms with Crippen LogP contribution in [0.15, 0.2) is 30.5 Å². The molecule has 2 aromatic rings. The number of amides is 4. The Hall–Kier alpha value is -3.58. The number of carboxylic acid groups (broad SMARTS) is 1. The number of thioether (sulfide) groups is 1. The second kappa shape index (κ2) is 15.1. The van der Waals surface area contributed by atoms with Crippen molar-refractivity contribution >= 4 is 52.3 Å². The second-order valence-corrected chi connectivity index (χ2v) is 10.4. The fourth-order valence-corrected chi connectivity index (χ4v) is 4.50. The highest BCUT2D eigenvalue weighted by atomic mass is 32.2. The van der Waals surface area contributed by atoms with Crippen molar-refractivity contribution in [3.8, 4) is 0 Å². The van der Waals surface area contributed by atoms with Crippen molar-refractivity contribution in [2.45, 2.75) is 63.7 Å². The standard InChI is InChI=1S/C26H38N6O6S/c1-4-14(2)22(26(37)38)32-24(35)19(9-10-39-3)30-25(36)20(12-21(28)33)31-23(34)17(27)11-15-13-29-18-8-6-5-7-16(15)18/h5-8,13-14,17,19-20,22,29H,4,9-12,27H2,1-3H3,(H2,28,33)(H,30,36)(H,31,34)(H,32,35)(H,37,38). The molecular weight excluding hydrogens is 524 g/mol. The van der Waals surface area contributed by atoms with Crippen molar-refractivity contribution in [1.82, 2.24) is 20.9 Å². The molecule has 12 nitrogen and oxygen atoms in total. The van der Waals surface area contributed by atoms with E-state index in [-0.39, 0.29) is 18.8 Å². The van der Waals surface area contributed by atoms with Gasteiger partial charge in [0.2, 0.25) is 23.6 Å². The lowest BCUT2D eigenvalue weighted by Gasteiger charge is -2.26. The van der Waals surface area contributed by atoms with Gasteiger partial charge in [-0.3, -0.25) is 19.2 Å². The predicted molar refractivity (Wildman–Crippen MR) is 150 cm³/mol. The van der Waals surface area contributed by atoms with E-state index in [1.54, 1.807) is 20.0 Å². The van der Waals surface area contributed by atoms with Gasteiger partial charge in [0.05, 0.1) is 12.5 Å². The second-order valence-electron chi connectivity index (χ2n) is 9.45. The van der Waals surface area contributed by atoms with Crippen LogP contribution in [-0.2, 0) is 30.4 Å². The molecule has 0 bridgehead atoms. The number of H-pyrrole nitrogens is 1. The minimum atomic E-state index is -1.38. The number of para-hydroxylation sites is 1. The molecule has 0 aliphatic rings. The third kappa shape index (κ3) is 9.29. The molecule has 1 aromatic heterocycles. The van der Waals surface area contributed by atoms with E-state index < -0.39 is 60.2 Å². The molecule has 1 aromatic carbocycles. The summed E-state index contributed by atoms with van der Waals surface area (Å²) in [5, 5.41) is 18.0. The van der Waals surface area contributed by atoms with Crippen molar-refractivity contribution in [1.29, 1.82) is 0 Å². The number of aromatic amines is 1. The lowest BCUT2D eigenvalue weighted by Crippen LogP contribution is -2.58. The van der Waals surface area contributed by atoms with Gasteiger partial charge in [0, 0.05) is 17.1 Å². The normalized spacial score (nSPS) is 15.0. The van der Waals surface area contributed by atoms with E-state index in [0.717, 1.165) is 16.5 Å². The van der Waals surface area contributed by atoms with E-state index in [1.807, 2.05) is 30.5 Å². The van der Waals surface area contributed by atoms with Gasteiger partial charge in [0.25, 0.3) is 0 Å². The number of hydrogen-bond donors (Lipinski definition) is 7. The summed E-state index contributed by atoms with van der Waals surface area (Å²) in [7, 11) is 0. The number of rotatable bonds is 16. The zero-order valence-corrected chi connectivity index (χ0v) is 23.2. The summed E-state index contributed by atoms with van der Waals surface area (Å²) in [6, 6.07) is 2.88. The van der Waals surface area contributed by atoms with Gasteiger partial charge in [0.15, 0.2) is 0 Å². The van der Waals surface area contributed by atoms with Gasteiger partial charge in [-0.2, -0.15) is 11.8 Å². The number of carbonyl (C=O) groups excluding carboxylic acids is 4. The van der Waals surface area contributed by atoms with E-state index in [4.69, 9.17) is 11.5 Å². The average Bonchev–Trinajstić information content (AvgIpc) is 3.30. The Balaban J connectivity index is 2.13. The van der Waals surface area contributed by atoms with Gasteiger partial charge in [-0.1, -0.05) is 38.5 Å². The van der Waals surface area contributed by atoms with E-state index in [9.17, 15) is 29.1 Å². The number of benzene rings is 1. The zero-order chi connectivity index (χ0) is 29.1. The van der Waals surface area contributed by atoms with Gasteiger partial charge in [-0.05, 0) is 42.4 Å². The molecular formula is C26H38N6O6S. The van der Waals surface area contributed by atoms with E-state index in [2.05, 4.69) is 20.9 Å². The maximum Gasteiger partial charge on any atom is 0.326 e. The van der Waals surface area contributed by atoms with Crippen LogP contribution in [0.2, 0.25) is 0 Å². The number of carboxylic acids is 1. The predicted octanol–water partition coefficient (Wildman–Crippen LogP) is 0.251. The smallest absolute Gasteiger partial charge is 0.326 e. The van der Waals surface area contributed by atoms with Gasteiger partial charge in [-0.25, -0.2) is 4.79 Å². The van der Waals surface area contributed by atoms with Crippen LogP contribution >= 0.6 is 11.8 Å². The number of fused-ring (bicyclic) bond motifs is 1. The molecule has 5 atom stereocenters. The highest BCUT2D eigenvalue weighted by Crippen LogP contribution is 2.19. The largest absolute Gasteiger partial charge is 0.480 e. The fourth-order valence-electron chi connectivity index (χ4n) is 4.03. The van der Waals surface area contributed by atoms with Crippen LogP contribution in [0.3, 0.4) is 0 Å². The zero-order valence-electron chi connectivity index (χ0n) is 22.4. The van der Waals surface area contributed by atoms with Gasteiger partial charge >= 0.3 is 5.97 Å². The van der Waals surface area contributed by atoms with Crippen LogP contribution in [0.25, 0.3) is 10.9 Å². The Morgan fingerprint density at radius 2 is 1.67 bits per heavy atom. The Morgan fingerprint density at radius 1 is 1.03 bits per heavy atom. The lowest BCUT2D eigenvalue weighted by molar-refractivity contribution is -0.144. The van der Waals surface area contributed by atoms with Crippen LogP contribution in [0, 0.1) is 5.92 Å². The van der Waals surface area contributed by atoms with Gasteiger partial charge in [-0.15, -0.1) is 0 Å². The van der Waals surface area contributed by atoms with Crippen molar-refractivity contribution in [3.63, 3.8) is 0 Å². The molecule has 9 N–H and O–H groups in total. The molecule has 0 aliphatic heterocycles. The molecule has 5 unspecified atom stereocenters. The van der Waals surface area contributed by atoms with Crippen molar-refractivity contribution < 1.29 is 29.1 Å². The summed E-state index contributed by atoms with van der Waals surface area (Å²) < 4.78 is 0. The minimum absolute atomic E-state index is 0.172. The molecule has 0 aliphatic carbocycles. The van der Waals surface area contributed by atoms with Crippen molar-refractivity contribution in [3.05, 3.63) is 36.0 Å². The van der Waals surface area contributed by atoms with E-state index in [0.29, 0.717) is 12.2 Å². The molecule has 13 heteroatoms. The lowest BCUT2D eigenvalue weighted by atomic mass is 9.98. The van der Waals surface area contributed by atoms with Crippen LogP contribution in [0.4, 0.5) is 0 Å². The monoisotopic (exact) mass is 562 g/mol. The molecule has 0 saturated carbocycles. The van der Waals surface area contributed by atoms with Crippen LogP contribution in [0.5, 0.6) is 0 Å². The minimum Gasteiger partial charge on any atom is -0.480 e. The molecule has 0 radical (unpaired) electrons. The highest BCUT2D eigenvalue weighted by Gasteiger charge is 2.32. The van der Waals surface area contributed by atoms with Gasteiger partial charge in [0.1, 0.15) is 18.1 Å². The molecule has 214 valence electrons. The summed E-state index contributed by atoms with van der Waals surface area (Å²) in [4.78, 5) is 65.5. The summed E-state index contributed by atoms with van der Waals surface area (Å²) >= 11 is 1.44. The van der Waals surface area contributed by atoms with Crippen LogP contribution in [0.1, 0.15) is 38.7 Å². The number of carbonyl (C=O) groups is 5. The molecule has 1 heterocycles. The third-order valence-electron chi connectivity index (χ3n) is 6.51. The maximum absolute atomic E-state index is 13.1. The number of primary amides is 1. The number of nitrogens with two attached hydrogens (primary N) is 2. The summed E-state index contributed by atoms with van der Waals surface area (Å²) in [5.41, 5.74) is 13.1. The highest BCUT2D eigenvalue weighted by molar-refractivity contribution is 7.98. The first-order valence-electron chi connectivity index (χ1n) is 12.7. The maximum atomic E-state index is 13.1. The van der Waals surface area contributed by atoms with Crippen molar-refractivity contribution in [2.75, 3.05) is 12.0 Å².